The van der Waals surface area contributed by atoms with Crippen LogP contribution in [0.3, 0.4) is 0 Å². The molecule has 0 spiro atoms. The van der Waals surface area contributed by atoms with Gasteiger partial charge in [-0.05, 0) is 68.3 Å². The van der Waals surface area contributed by atoms with E-state index in [1.54, 1.807) is 0 Å². The van der Waals surface area contributed by atoms with Gasteiger partial charge in [-0.1, -0.05) is 6.07 Å². The number of rotatable bonds is 4. The average Bonchev–Trinajstić information content (AvgIpc) is 3.67. The Morgan fingerprint density at radius 3 is 2.58 bits per heavy atom. The van der Waals surface area contributed by atoms with Crippen LogP contribution in [0.1, 0.15) is 25.8 Å². The lowest BCUT2D eigenvalue weighted by molar-refractivity contribution is -0.118. The summed E-state index contributed by atoms with van der Waals surface area (Å²) in [6.45, 7) is 5.65. The normalized spacial score (nSPS) is 19.5. The second kappa shape index (κ2) is 8.26. The molecule has 4 heterocycles. The van der Waals surface area contributed by atoms with Gasteiger partial charge in [0.1, 0.15) is 17.7 Å². The molecule has 8 nitrogen and oxygen atoms in total. The first-order valence-corrected chi connectivity index (χ1v) is 12.8. The monoisotopic (exact) mass is 479 g/mol. The lowest BCUT2D eigenvalue weighted by atomic mass is 10.1. The highest BCUT2D eigenvalue weighted by Gasteiger charge is 2.29. The SMILES string of the molecule is CC1C(=O)Nc2ccc(NC3CC3)cc2-c2nc3cc(N4CCN(c5ccccn5)CC4)ccc3n21. The second-order valence-corrected chi connectivity index (χ2v) is 9.98. The van der Waals surface area contributed by atoms with Gasteiger partial charge >= 0.3 is 0 Å². The third-order valence-electron chi connectivity index (χ3n) is 7.52. The Bertz CT molecular complexity index is 1450. The molecule has 0 bridgehead atoms. The minimum atomic E-state index is -0.356. The lowest BCUT2D eigenvalue weighted by Gasteiger charge is -2.36. The number of hydrogen-bond donors (Lipinski definition) is 2. The van der Waals surface area contributed by atoms with Crippen molar-refractivity contribution in [1.82, 2.24) is 14.5 Å². The summed E-state index contributed by atoms with van der Waals surface area (Å²) >= 11 is 0. The number of imidazole rings is 1. The van der Waals surface area contributed by atoms with Crippen molar-refractivity contribution in [3.05, 3.63) is 60.8 Å². The summed E-state index contributed by atoms with van der Waals surface area (Å²) in [4.78, 5) is 27.4. The van der Waals surface area contributed by atoms with E-state index in [0.717, 1.165) is 71.5 Å². The van der Waals surface area contributed by atoms with Crippen molar-refractivity contribution in [3.63, 3.8) is 0 Å². The van der Waals surface area contributed by atoms with Crippen LogP contribution in [0.2, 0.25) is 0 Å². The Balaban J connectivity index is 1.23. The van der Waals surface area contributed by atoms with Crippen LogP contribution in [0.4, 0.5) is 22.9 Å². The minimum Gasteiger partial charge on any atom is -0.382 e. The van der Waals surface area contributed by atoms with Gasteiger partial charge < -0.3 is 25.0 Å². The molecule has 2 fully saturated rings. The number of carbonyl (C=O) groups is 1. The van der Waals surface area contributed by atoms with Crippen LogP contribution in [-0.4, -0.2) is 52.7 Å². The minimum absolute atomic E-state index is 0.0214. The summed E-state index contributed by atoms with van der Waals surface area (Å²) in [5.74, 6) is 1.85. The van der Waals surface area contributed by atoms with Gasteiger partial charge in [0.05, 0.1) is 16.7 Å². The van der Waals surface area contributed by atoms with E-state index in [-0.39, 0.29) is 11.9 Å². The van der Waals surface area contributed by atoms with Gasteiger partial charge in [0.15, 0.2) is 0 Å². The molecular weight excluding hydrogens is 450 g/mol. The van der Waals surface area contributed by atoms with Crippen molar-refractivity contribution >= 4 is 39.8 Å². The molecule has 1 atom stereocenters. The number of anilines is 4. The largest absolute Gasteiger partial charge is 0.382 e. The molecular formula is C28H29N7O. The maximum atomic E-state index is 13.0. The van der Waals surface area contributed by atoms with Crippen LogP contribution in [0.5, 0.6) is 0 Å². The molecule has 2 aromatic carbocycles. The predicted octanol–water partition coefficient (Wildman–Crippen LogP) is 4.51. The molecule has 1 aliphatic carbocycles. The van der Waals surface area contributed by atoms with Crippen LogP contribution < -0.4 is 20.4 Å². The van der Waals surface area contributed by atoms with Gasteiger partial charge in [0.25, 0.3) is 0 Å². The zero-order valence-electron chi connectivity index (χ0n) is 20.3. The number of nitrogens with one attached hydrogen (secondary N) is 2. The number of nitrogens with zero attached hydrogens (tertiary/aromatic N) is 5. The number of hydrogen-bond acceptors (Lipinski definition) is 6. The number of piperazine rings is 1. The second-order valence-electron chi connectivity index (χ2n) is 9.98. The van der Waals surface area contributed by atoms with E-state index in [4.69, 9.17) is 4.98 Å². The van der Waals surface area contributed by atoms with Crippen molar-refractivity contribution in [1.29, 1.82) is 0 Å². The van der Waals surface area contributed by atoms with Crippen LogP contribution >= 0.6 is 0 Å². The molecule has 1 amide bonds. The summed E-state index contributed by atoms with van der Waals surface area (Å²) in [6.07, 6.45) is 4.27. The van der Waals surface area contributed by atoms with E-state index in [2.05, 4.69) is 60.3 Å². The number of aromatic nitrogens is 3. The van der Waals surface area contributed by atoms with Gasteiger partial charge in [0.2, 0.25) is 5.91 Å². The first-order chi connectivity index (χ1) is 17.6. The van der Waals surface area contributed by atoms with E-state index in [0.29, 0.717) is 6.04 Å². The highest BCUT2D eigenvalue weighted by atomic mass is 16.2. The number of carbonyl (C=O) groups excluding carboxylic acids is 1. The fourth-order valence-corrected chi connectivity index (χ4v) is 5.35. The molecule has 8 heteroatoms. The Kier molecular flexibility index (Phi) is 4.87. The van der Waals surface area contributed by atoms with Crippen LogP contribution in [0.15, 0.2) is 60.8 Å². The standard InChI is InChI=1S/C28H29N7O/c1-18-28(36)32-23-9-7-20(30-19-5-6-19)16-22(23)27-31-24-17-21(8-10-25(24)35(18)27)33-12-14-34(15-13-33)26-4-2-3-11-29-26/h2-4,7-11,16-19,30H,5-6,12-15H2,1H3,(H,32,36). The Labute approximate surface area is 209 Å². The van der Waals surface area contributed by atoms with E-state index in [9.17, 15) is 4.79 Å². The molecule has 1 unspecified atom stereocenters. The van der Waals surface area contributed by atoms with Crippen molar-refractivity contribution in [2.75, 3.05) is 46.6 Å². The maximum Gasteiger partial charge on any atom is 0.247 e. The third-order valence-corrected chi connectivity index (χ3v) is 7.52. The molecule has 2 aliphatic heterocycles. The smallest absolute Gasteiger partial charge is 0.247 e. The van der Waals surface area contributed by atoms with Gasteiger partial charge in [-0.2, -0.15) is 0 Å². The summed E-state index contributed by atoms with van der Waals surface area (Å²) in [5, 5.41) is 6.68. The molecule has 4 aromatic rings. The molecule has 36 heavy (non-hydrogen) atoms. The molecule has 182 valence electrons. The predicted molar refractivity (Wildman–Crippen MR) is 144 cm³/mol. The van der Waals surface area contributed by atoms with E-state index in [1.807, 2.05) is 37.4 Å². The van der Waals surface area contributed by atoms with Crippen molar-refractivity contribution in [2.45, 2.75) is 31.8 Å². The van der Waals surface area contributed by atoms with Gasteiger partial charge in [-0.25, -0.2) is 9.97 Å². The molecule has 7 rings (SSSR count). The Morgan fingerprint density at radius 1 is 0.972 bits per heavy atom. The van der Waals surface area contributed by atoms with E-state index < -0.39 is 0 Å². The maximum absolute atomic E-state index is 13.0. The summed E-state index contributed by atoms with van der Waals surface area (Å²) in [7, 11) is 0. The number of pyridine rings is 1. The molecule has 0 radical (unpaired) electrons. The number of amides is 1. The van der Waals surface area contributed by atoms with Gasteiger partial charge in [-0.15, -0.1) is 0 Å². The molecule has 3 aliphatic rings. The van der Waals surface area contributed by atoms with Gasteiger partial charge in [0, 0.05) is 55.4 Å². The summed E-state index contributed by atoms with van der Waals surface area (Å²) < 4.78 is 2.08. The fourth-order valence-electron chi connectivity index (χ4n) is 5.35. The van der Waals surface area contributed by atoms with E-state index >= 15 is 0 Å². The van der Waals surface area contributed by atoms with Gasteiger partial charge in [-0.3, -0.25) is 4.79 Å². The number of benzene rings is 2. The fraction of sp³-hybridized carbons (Fsp3) is 0.321. The Morgan fingerprint density at radius 2 is 1.81 bits per heavy atom. The van der Waals surface area contributed by atoms with Crippen LogP contribution in [0, 0.1) is 0 Å². The third kappa shape index (κ3) is 3.64. The quantitative estimate of drug-likeness (QED) is 0.448. The first-order valence-electron chi connectivity index (χ1n) is 12.8. The molecule has 2 N–H and O–H groups in total. The zero-order valence-corrected chi connectivity index (χ0v) is 20.3. The van der Waals surface area contributed by atoms with Crippen LogP contribution in [-0.2, 0) is 4.79 Å². The Hall–Kier alpha value is -4.07. The highest BCUT2D eigenvalue weighted by molar-refractivity contribution is 6.02. The van der Waals surface area contributed by atoms with E-state index in [1.165, 1.54) is 12.8 Å². The summed E-state index contributed by atoms with van der Waals surface area (Å²) in [6, 6.07) is 18.9. The topological polar surface area (TPSA) is 78.3 Å². The van der Waals surface area contributed by atoms with Crippen molar-refractivity contribution < 1.29 is 4.79 Å². The van der Waals surface area contributed by atoms with Crippen molar-refractivity contribution in [3.8, 4) is 11.4 Å². The molecule has 1 saturated heterocycles. The average molecular weight is 480 g/mol. The zero-order chi connectivity index (χ0) is 24.2. The van der Waals surface area contributed by atoms with Crippen molar-refractivity contribution in [2.24, 2.45) is 0 Å². The summed E-state index contributed by atoms with van der Waals surface area (Å²) in [5.41, 5.74) is 5.91. The van der Waals surface area contributed by atoms with Crippen LogP contribution in [0.25, 0.3) is 22.4 Å². The lowest BCUT2D eigenvalue weighted by Crippen LogP contribution is -2.46. The molecule has 1 saturated carbocycles. The first kappa shape index (κ1) is 21.2. The number of fused-ring (bicyclic) bond motifs is 5. The highest BCUT2D eigenvalue weighted by Crippen LogP contribution is 2.39. The molecule has 2 aromatic heterocycles.